The number of fused-ring (bicyclic) bond motifs is 5. The number of benzene rings is 2. The Bertz CT molecular complexity index is 1590. The van der Waals surface area contributed by atoms with Gasteiger partial charge in [-0.2, -0.15) is 0 Å². The Balaban J connectivity index is 1.32. The Labute approximate surface area is 254 Å². The summed E-state index contributed by atoms with van der Waals surface area (Å²) < 4.78 is 15.8. The molecule has 1 atom stereocenters. The summed E-state index contributed by atoms with van der Waals surface area (Å²) >= 11 is 3.57. The van der Waals surface area contributed by atoms with Crippen molar-refractivity contribution in [2.75, 3.05) is 31.6 Å². The number of rotatable bonds is 2. The van der Waals surface area contributed by atoms with Gasteiger partial charge in [0.05, 0.1) is 17.6 Å². The topological polar surface area (TPSA) is 93.5 Å². The van der Waals surface area contributed by atoms with Crippen molar-refractivity contribution in [2.24, 2.45) is 7.05 Å². The van der Waals surface area contributed by atoms with Crippen LogP contribution in [-0.4, -0.2) is 57.6 Å². The lowest BCUT2D eigenvalue weighted by molar-refractivity contribution is 0.0941. The van der Waals surface area contributed by atoms with E-state index in [1.54, 1.807) is 18.3 Å². The van der Waals surface area contributed by atoms with E-state index < -0.39 is 0 Å². The summed E-state index contributed by atoms with van der Waals surface area (Å²) in [5, 5.41) is 6.47. The second kappa shape index (κ2) is 12.7. The fourth-order valence-corrected chi connectivity index (χ4v) is 6.09. The van der Waals surface area contributed by atoms with Gasteiger partial charge in [-0.1, -0.05) is 22.4 Å². The summed E-state index contributed by atoms with van der Waals surface area (Å²) in [6.07, 6.45) is 8.27. The number of hydrogen-bond acceptors (Lipinski definition) is 7. The smallest absolute Gasteiger partial charge is 0.270 e. The summed E-state index contributed by atoms with van der Waals surface area (Å²) in [7, 11) is 1.99. The second-order valence-electron chi connectivity index (χ2n) is 11.1. The lowest BCUT2D eigenvalue weighted by Crippen LogP contribution is -2.41. The largest absolute Gasteiger partial charge is 0.490 e. The third kappa shape index (κ3) is 6.39. The number of aryl methyl sites for hydroxylation is 2. The van der Waals surface area contributed by atoms with Gasteiger partial charge in [0.25, 0.3) is 5.91 Å². The molecule has 2 aromatic carbocycles. The van der Waals surface area contributed by atoms with Gasteiger partial charge in [0.15, 0.2) is 11.5 Å². The lowest BCUT2D eigenvalue weighted by atomic mass is 9.98. The molecule has 1 amide bonds. The molecule has 0 saturated carbocycles. The van der Waals surface area contributed by atoms with Crippen LogP contribution in [-0.2, 0) is 7.05 Å². The van der Waals surface area contributed by atoms with E-state index in [1.807, 2.05) is 35.9 Å². The van der Waals surface area contributed by atoms with E-state index in [-0.39, 0.29) is 5.91 Å². The molecule has 0 spiro atoms. The number of hydrogen-bond donors (Lipinski definition) is 2. The van der Waals surface area contributed by atoms with Crippen LogP contribution < -0.4 is 20.1 Å². The van der Waals surface area contributed by atoms with Gasteiger partial charge in [-0.25, -0.2) is 4.98 Å². The van der Waals surface area contributed by atoms with Gasteiger partial charge in [0.1, 0.15) is 11.4 Å². The van der Waals surface area contributed by atoms with E-state index in [4.69, 9.17) is 14.5 Å². The first-order chi connectivity index (χ1) is 20.4. The van der Waals surface area contributed by atoms with Gasteiger partial charge in [0.2, 0.25) is 5.95 Å². The van der Waals surface area contributed by atoms with Gasteiger partial charge in [0, 0.05) is 60.7 Å². The van der Waals surface area contributed by atoms with Crippen LogP contribution in [0.1, 0.15) is 54.6 Å². The van der Waals surface area contributed by atoms with Crippen LogP contribution in [0.2, 0.25) is 0 Å². The molecule has 0 radical (unpaired) electrons. The fraction of sp³-hybridized carbons (Fsp3) is 0.406. The molecule has 1 unspecified atom stereocenters. The average Bonchev–Trinajstić information content (AvgIpc) is 3.29. The number of anilines is 2. The Morgan fingerprint density at radius 1 is 1.02 bits per heavy atom. The van der Waals surface area contributed by atoms with Crippen molar-refractivity contribution < 1.29 is 14.3 Å². The van der Waals surface area contributed by atoms with Crippen molar-refractivity contribution >= 4 is 44.5 Å². The third-order valence-electron chi connectivity index (χ3n) is 8.15. The van der Waals surface area contributed by atoms with Crippen LogP contribution in [0.4, 0.5) is 11.6 Å². The van der Waals surface area contributed by atoms with Gasteiger partial charge < -0.3 is 29.6 Å². The maximum atomic E-state index is 12.9. The van der Waals surface area contributed by atoms with Gasteiger partial charge in [-0.05, 0) is 75.4 Å². The summed E-state index contributed by atoms with van der Waals surface area (Å²) in [5.41, 5.74) is 4.11. The zero-order valence-corrected chi connectivity index (χ0v) is 25.7. The molecule has 4 heterocycles. The van der Waals surface area contributed by atoms with Crippen molar-refractivity contribution in [2.45, 2.75) is 51.5 Å². The number of pyridine rings is 1. The van der Waals surface area contributed by atoms with Crippen molar-refractivity contribution in [3.63, 3.8) is 0 Å². The van der Waals surface area contributed by atoms with E-state index in [0.29, 0.717) is 48.1 Å². The quantitative estimate of drug-likeness (QED) is 0.253. The number of nitrogens with one attached hydrogen (secondary N) is 2. The minimum absolute atomic E-state index is 0.199. The van der Waals surface area contributed by atoms with E-state index >= 15 is 0 Å². The molecule has 220 valence electrons. The van der Waals surface area contributed by atoms with E-state index in [0.717, 1.165) is 59.1 Å². The SMILES string of the molecule is Cc1cc(Nc2nc3cc4c(cc3n2C)OCCCC2CCCCN2CCCNC(=O)c2cc(ccn2)O4)ccc1Br. The highest BCUT2D eigenvalue weighted by atomic mass is 79.9. The average molecular weight is 634 g/mol. The molecule has 42 heavy (non-hydrogen) atoms. The second-order valence-corrected chi connectivity index (χ2v) is 12.0. The van der Waals surface area contributed by atoms with Crippen LogP contribution in [0.15, 0.2) is 53.1 Å². The first kappa shape index (κ1) is 28.5. The van der Waals surface area contributed by atoms with E-state index in [2.05, 4.69) is 49.4 Å². The van der Waals surface area contributed by atoms with E-state index in [1.165, 1.54) is 19.3 Å². The highest BCUT2D eigenvalue weighted by Gasteiger charge is 2.22. The summed E-state index contributed by atoms with van der Waals surface area (Å²) in [4.78, 5) is 24.6. The molecule has 2 aliphatic heterocycles. The fourth-order valence-electron chi connectivity index (χ4n) is 5.84. The molecule has 2 aromatic heterocycles. The molecule has 2 bridgehead atoms. The normalized spacial score (nSPS) is 18.6. The van der Waals surface area contributed by atoms with Gasteiger partial charge in [-0.15, -0.1) is 0 Å². The highest BCUT2D eigenvalue weighted by Crippen LogP contribution is 2.37. The number of carbonyl (C=O) groups is 1. The van der Waals surface area contributed by atoms with Crippen molar-refractivity contribution in [3.05, 3.63) is 64.4 Å². The van der Waals surface area contributed by atoms with Crippen molar-refractivity contribution in [1.29, 1.82) is 0 Å². The zero-order valence-electron chi connectivity index (χ0n) is 24.2. The predicted molar refractivity (Wildman–Crippen MR) is 168 cm³/mol. The van der Waals surface area contributed by atoms with Crippen molar-refractivity contribution in [3.8, 4) is 17.2 Å². The number of carbonyl (C=O) groups excluding carboxylic acids is 1. The monoisotopic (exact) mass is 632 g/mol. The van der Waals surface area contributed by atoms with E-state index in [9.17, 15) is 4.79 Å². The number of ether oxygens (including phenoxy) is 2. The summed E-state index contributed by atoms with van der Waals surface area (Å²) in [5.74, 6) is 2.22. The highest BCUT2D eigenvalue weighted by molar-refractivity contribution is 9.10. The maximum Gasteiger partial charge on any atom is 0.270 e. The van der Waals surface area contributed by atoms with Gasteiger partial charge >= 0.3 is 0 Å². The molecule has 2 N–H and O–H groups in total. The number of halogens is 1. The van der Waals surface area contributed by atoms with Crippen LogP contribution in [0.25, 0.3) is 11.0 Å². The van der Waals surface area contributed by atoms with Crippen molar-refractivity contribution in [1.82, 2.24) is 24.8 Å². The molecular formula is C32H37BrN6O3. The molecule has 1 saturated heterocycles. The molecule has 10 heteroatoms. The molecule has 6 rings (SSSR count). The number of imidazole rings is 1. The molecule has 9 nitrogen and oxygen atoms in total. The Morgan fingerprint density at radius 2 is 1.88 bits per heavy atom. The van der Waals surface area contributed by atoms with Crippen LogP contribution in [0.3, 0.4) is 0 Å². The maximum absolute atomic E-state index is 12.9. The molecular weight excluding hydrogens is 596 g/mol. The Morgan fingerprint density at radius 3 is 2.76 bits per heavy atom. The lowest BCUT2D eigenvalue weighted by Gasteiger charge is -2.36. The van der Waals surface area contributed by atoms with Crippen LogP contribution in [0, 0.1) is 6.92 Å². The number of nitrogens with zero attached hydrogens (tertiary/aromatic N) is 4. The van der Waals surface area contributed by atoms with Crippen LogP contribution >= 0.6 is 15.9 Å². The standard InChI is InChI=1S/C32H37BrN6O3/c1-21-17-22(9-10-25(21)33)36-32-37-26-19-30-29(20-28(26)38(32)2)41-16-5-8-23-7-3-4-14-39(23)15-6-12-35-31(40)27-18-24(42-30)11-13-34-27/h9-11,13,17-20,23H,3-8,12,14-16H2,1-2H3,(H,35,40)(H,36,37). The molecule has 2 aliphatic rings. The Kier molecular flexibility index (Phi) is 8.62. The summed E-state index contributed by atoms with van der Waals surface area (Å²) in [6.45, 7) is 5.38. The number of amides is 1. The first-order valence-corrected chi connectivity index (χ1v) is 15.6. The predicted octanol–water partition coefficient (Wildman–Crippen LogP) is 6.72. The minimum Gasteiger partial charge on any atom is -0.490 e. The minimum atomic E-state index is -0.199. The summed E-state index contributed by atoms with van der Waals surface area (Å²) in [6, 6.07) is 14.0. The first-order valence-electron chi connectivity index (χ1n) is 14.8. The zero-order chi connectivity index (χ0) is 29.1. The molecule has 1 fully saturated rings. The van der Waals surface area contributed by atoms with Crippen LogP contribution in [0.5, 0.6) is 17.2 Å². The Hall–Kier alpha value is -3.63. The van der Waals surface area contributed by atoms with Gasteiger partial charge in [-0.3, -0.25) is 9.78 Å². The third-order valence-corrected chi connectivity index (χ3v) is 9.04. The molecule has 0 aliphatic carbocycles. The number of piperidine rings is 1. The number of aromatic nitrogens is 3. The molecule has 4 aromatic rings.